The molecule has 0 aliphatic heterocycles. The molecule has 0 aliphatic rings. The second-order valence-electron chi connectivity index (χ2n) is 4.13. The van der Waals surface area contributed by atoms with Gasteiger partial charge in [-0.2, -0.15) is 5.10 Å². The quantitative estimate of drug-likeness (QED) is 0.494. The highest BCUT2D eigenvalue weighted by molar-refractivity contribution is 14.1. The summed E-state index contributed by atoms with van der Waals surface area (Å²) < 4.78 is 2.30. The number of nitrogens with one attached hydrogen (secondary N) is 1. The zero-order valence-corrected chi connectivity index (χ0v) is 12.7. The van der Waals surface area contributed by atoms with Crippen molar-refractivity contribution < 1.29 is 9.72 Å². The van der Waals surface area contributed by atoms with E-state index in [-0.39, 0.29) is 11.6 Å². The number of aromatic nitrogens is 2. The topological polar surface area (TPSA) is 90.1 Å². The van der Waals surface area contributed by atoms with Crippen molar-refractivity contribution in [3.8, 4) is 0 Å². The first-order valence-corrected chi connectivity index (χ1v) is 6.75. The van der Waals surface area contributed by atoms with Crippen molar-refractivity contribution in [2.45, 2.75) is 6.54 Å². The van der Waals surface area contributed by atoms with Gasteiger partial charge >= 0.3 is 0 Å². The number of non-ortho nitro benzene ring substituents is 1. The normalized spacial score (nSPS) is 10.3. The minimum atomic E-state index is -0.520. The monoisotopic (exact) mass is 386 g/mol. The van der Waals surface area contributed by atoms with Gasteiger partial charge < -0.3 is 5.32 Å². The van der Waals surface area contributed by atoms with Gasteiger partial charge in [0.1, 0.15) is 0 Å². The van der Waals surface area contributed by atoms with Gasteiger partial charge in [-0.05, 0) is 28.7 Å². The van der Waals surface area contributed by atoms with Crippen LogP contribution in [-0.2, 0) is 13.6 Å². The van der Waals surface area contributed by atoms with E-state index in [0.717, 1.165) is 5.56 Å². The maximum Gasteiger partial charge on any atom is 0.270 e. The summed E-state index contributed by atoms with van der Waals surface area (Å²) in [6.45, 7) is 0.325. The zero-order valence-electron chi connectivity index (χ0n) is 10.5. The third-order valence-corrected chi connectivity index (χ3v) is 3.56. The molecule has 0 fully saturated rings. The summed E-state index contributed by atoms with van der Waals surface area (Å²) in [5.41, 5.74) is 1.06. The second-order valence-corrected chi connectivity index (χ2v) is 5.29. The number of halogens is 1. The van der Waals surface area contributed by atoms with Crippen LogP contribution in [0.3, 0.4) is 0 Å². The Morgan fingerprint density at radius 1 is 1.55 bits per heavy atom. The minimum absolute atomic E-state index is 0.100. The molecule has 7 nitrogen and oxygen atoms in total. The maximum atomic E-state index is 12.1. The van der Waals surface area contributed by atoms with Crippen LogP contribution in [-0.4, -0.2) is 20.6 Å². The van der Waals surface area contributed by atoms with Crippen molar-refractivity contribution in [3.05, 3.63) is 55.4 Å². The predicted molar refractivity (Wildman–Crippen MR) is 80.2 cm³/mol. The number of carbonyl (C=O) groups excluding carboxylic acids is 1. The van der Waals surface area contributed by atoms with E-state index in [4.69, 9.17) is 0 Å². The third-order valence-electron chi connectivity index (χ3n) is 2.62. The smallest absolute Gasteiger partial charge is 0.270 e. The van der Waals surface area contributed by atoms with Gasteiger partial charge in [0.15, 0.2) is 0 Å². The second kappa shape index (κ2) is 5.99. The highest BCUT2D eigenvalue weighted by Gasteiger charge is 2.15. The molecule has 1 amide bonds. The van der Waals surface area contributed by atoms with Crippen LogP contribution in [0.25, 0.3) is 0 Å². The summed E-state index contributed by atoms with van der Waals surface area (Å²) in [4.78, 5) is 22.3. The van der Waals surface area contributed by atoms with Crippen LogP contribution in [0.4, 0.5) is 5.69 Å². The van der Waals surface area contributed by atoms with Crippen LogP contribution in [0.2, 0.25) is 0 Å². The van der Waals surface area contributed by atoms with Gasteiger partial charge in [0.2, 0.25) is 0 Å². The number of nitrogens with zero attached hydrogens (tertiary/aromatic N) is 3. The number of nitro groups is 1. The first kappa shape index (κ1) is 14.4. The van der Waals surface area contributed by atoms with E-state index < -0.39 is 4.92 Å². The molecule has 1 aromatic carbocycles. The van der Waals surface area contributed by atoms with Gasteiger partial charge in [0.05, 0.1) is 16.7 Å². The van der Waals surface area contributed by atoms with Crippen LogP contribution in [0.5, 0.6) is 0 Å². The van der Waals surface area contributed by atoms with E-state index in [9.17, 15) is 14.9 Å². The fourth-order valence-corrected chi connectivity index (χ4v) is 2.22. The summed E-state index contributed by atoms with van der Waals surface area (Å²) in [7, 11) is 1.79. The summed E-state index contributed by atoms with van der Waals surface area (Å²) in [5, 5.41) is 17.4. The molecule has 0 atom stereocenters. The Bertz CT molecular complexity index is 668. The molecule has 0 bridgehead atoms. The lowest BCUT2D eigenvalue weighted by molar-refractivity contribution is -0.384. The fraction of sp³-hybridized carbons (Fsp3) is 0.167. The Hall–Kier alpha value is -1.97. The molecule has 20 heavy (non-hydrogen) atoms. The van der Waals surface area contributed by atoms with Crippen molar-refractivity contribution in [1.82, 2.24) is 15.1 Å². The van der Waals surface area contributed by atoms with E-state index in [1.165, 1.54) is 12.1 Å². The zero-order chi connectivity index (χ0) is 14.7. The Morgan fingerprint density at radius 2 is 2.30 bits per heavy atom. The Morgan fingerprint density at radius 3 is 2.90 bits per heavy atom. The molecule has 0 spiro atoms. The van der Waals surface area contributed by atoms with Crippen molar-refractivity contribution in [3.63, 3.8) is 0 Å². The molecule has 104 valence electrons. The lowest BCUT2D eigenvalue weighted by atomic mass is 10.2. The third kappa shape index (κ3) is 3.32. The van der Waals surface area contributed by atoms with E-state index in [0.29, 0.717) is 15.7 Å². The Balaban J connectivity index is 2.12. The predicted octanol–water partition coefficient (Wildman–Crippen LogP) is 1.86. The van der Waals surface area contributed by atoms with Crippen molar-refractivity contribution >= 4 is 34.2 Å². The van der Waals surface area contributed by atoms with E-state index in [1.807, 2.05) is 22.6 Å². The Labute approximate surface area is 128 Å². The van der Waals surface area contributed by atoms with Crippen LogP contribution < -0.4 is 5.32 Å². The lowest BCUT2D eigenvalue weighted by Crippen LogP contribution is -2.23. The lowest BCUT2D eigenvalue weighted by Gasteiger charge is -2.05. The van der Waals surface area contributed by atoms with Crippen LogP contribution >= 0.6 is 22.6 Å². The highest BCUT2D eigenvalue weighted by atomic mass is 127. The van der Waals surface area contributed by atoms with Gasteiger partial charge in [-0.25, -0.2) is 0 Å². The van der Waals surface area contributed by atoms with Crippen molar-refractivity contribution in [2.24, 2.45) is 7.05 Å². The summed E-state index contributed by atoms with van der Waals surface area (Å²) in [6.07, 6.45) is 3.44. The molecule has 0 aliphatic carbocycles. The minimum Gasteiger partial charge on any atom is -0.348 e. The van der Waals surface area contributed by atoms with E-state index in [1.54, 1.807) is 30.2 Å². The maximum absolute atomic E-state index is 12.1. The molecular weight excluding hydrogens is 375 g/mol. The first-order valence-electron chi connectivity index (χ1n) is 5.67. The Kier molecular flexibility index (Phi) is 4.32. The van der Waals surface area contributed by atoms with E-state index in [2.05, 4.69) is 10.4 Å². The standard InChI is InChI=1S/C12H11IN4O3/c1-16-7-8(6-15-16)5-14-12(18)10-4-9(17(19)20)2-3-11(10)13/h2-4,6-7H,5H2,1H3,(H,14,18). The molecule has 0 saturated heterocycles. The van der Waals surface area contributed by atoms with Gasteiger partial charge in [0, 0.05) is 41.1 Å². The molecule has 8 heteroatoms. The number of benzene rings is 1. The molecule has 1 heterocycles. The van der Waals surface area contributed by atoms with Gasteiger partial charge in [0.25, 0.3) is 11.6 Å². The number of hydrogen-bond donors (Lipinski definition) is 1. The molecule has 0 unspecified atom stereocenters. The summed E-state index contributed by atoms with van der Waals surface area (Å²) in [6, 6.07) is 4.21. The number of hydrogen-bond acceptors (Lipinski definition) is 4. The summed E-state index contributed by atoms with van der Waals surface area (Å²) >= 11 is 1.97. The average Bonchev–Trinajstić information content (AvgIpc) is 2.82. The molecule has 1 N–H and O–H groups in total. The number of rotatable bonds is 4. The van der Waals surface area contributed by atoms with Gasteiger partial charge in [-0.3, -0.25) is 19.6 Å². The highest BCUT2D eigenvalue weighted by Crippen LogP contribution is 2.19. The van der Waals surface area contributed by atoms with Crippen LogP contribution in [0.1, 0.15) is 15.9 Å². The molecule has 2 aromatic rings. The summed E-state index contributed by atoms with van der Waals surface area (Å²) in [5.74, 6) is -0.345. The van der Waals surface area contributed by atoms with Gasteiger partial charge in [-0.1, -0.05) is 0 Å². The average molecular weight is 386 g/mol. The number of amides is 1. The van der Waals surface area contributed by atoms with Crippen LogP contribution in [0, 0.1) is 13.7 Å². The number of nitro benzene ring substituents is 1. The van der Waals surface area contributed by atoms with E-state index >= 15 is 0 Å². The molecular formula is C12H11IN4O3. The molecule has 2 rings (SSSR count). The molecule has 0 radical (unpaired) electrons. The SMILES string of the molecule is Cn1cc(CNC(=O)c2cc([N+](=O)[O-])ccc2I)cn1. The molecule has 0 saturated carbocycles. The largest absolute Gasteiger partial charge is 0.348 e. The van der Waals surface area contributed by atoms with Crippen molar-refractivity contribution in [2.75, 3.05) is 0 Å². The number of carbonyl (C=O) groups is 1. The van der Waals surface area contributed by atoms with Gasteiger partial charge in [-0.15, -0.1) is 0 Å². The number of aryl methyl sites for hydroxylation is 1. The van der Waals surface area contributed by atoms with Crippen molar-refractivity contribution in [1.29, 1.82) is 0 Å². The molecule has 1 aromatic heterocycles. The first-order chi connectivity index (χ1) is 9.47. The van der Waals surface area contributed by atoms with Crippen LogP contribution in [0.15, 0.2) is 30.6 Å². The fourth-order valence-electron chi connectivity index (χ4n) is 1.64.